The molecule has 0 aliphatic heterocycles. The van der Waals surface area contributed by atoms with Gasteiger partial charge in [0.15, 0.2) is 0 Å². The van der Waals surface area contributed by atoms with Crippen molar-refractivity contribution in [3.05, 3.63) is 34.9 Å². The standard InChI is InChI=1S/C18H23ClN2O2/c1-11(20-18(23)14-3-2-4-14)17(22)21-16(12-5-6-12)13-7-9-15(19)10-8-13/h7-12,14,16H,2-6H2,1H3,(H,20,23)(H,21,22)/t11-,16-/m0/s1. The first-order valence-corrected chi connectivity index (χ1v) is 8.78. The second-order valence-corrected chi connectivity index (χ2v) is 7.17. The number of benzene rings is 1. The van der Waals surface area contributed by atoms with E-state index in [9.17, 15) is 9.59 Å². The summed E-state index contributed by atoms with van der Waals surface area (Å²) in [5.74, 6) is 0.466. The summed E-state index contributed by atoms with van der Waals surface area (Å²) in [5.41, 5.74) is 1.07. The molecule has 1 aromatic carbocycles. The third-order valence-electron chi connectivity index (χ3n) is 4.85. The molecule has 0 saturated heterocycles. The quantitative estimate of drug-likeness (QED) is 0.839. The molecule has 0 heterocycles. The fourth-order valence-corrected chi connectivity index (χ4v) is 3.04. The molecular weight excluding hydrogens is 312 g/mol. The van der Waals surface area contributed by atoms with Crippen molar-refractivity contribution >= 4 is 23.4 Å². The lowest BCUT2D eigenvalue weighted by Gasteiger charge is -2.27. The van der Waals surface area contributed by atoms with Gasteiger partial charge in [0.1, 0.15) is 6.04 Å². The van der Waals surface area contributed by atoms with Crippen molar-refractivity contribution < 1.29 is 9.59 Å². The maximum absolute atomic E-state index is 12.4. The van der Waals surface area contributed by atoms with E-state index < -0.39 is 6.04 Å². The fraction of sp³-hybridized carbons (Fsp3) is 0.556. The Kier molecular flexibility index (Phi) is 4.90. The molecule has 4 nitrogen and oxygen atoms in total. The first-order chi connectivity index (χ1) is 11.0. The van der Waals surface area contributed by atoms with Crippen LogP contribution in [0.25, 0.3) is 0 Å². The zero-order valence-corrected chi connectivity index (χ0v) is 14.1. The number of nitrogens with one attached hydrogen (secondary N) is 2. The Labute approximate surface area is 142 Å². The minimum absolute atomic E-state index is 0.00261. The molecule has 2 N–H and O–H groups in total. The molecular formula is C18H23ClN2O2. The van der Waals surface area contributed by atoms with Crippen molar-refractivity contribution in [2.75, 3.05) is 0 Å². The van der Waals surface area contributed by atoms with Gasteiger partial charge in [0.05, 0.1) is 6.04 Å². The molecule has 23 heavy (non-hydrogen) atoms. The summed E-state index contributed by atoms with van der Waals surface area (Å²) < 4.78 is 0. The normalized spacial score (nSPS) is 20.3. The minimum atomic E-state index is -0.503. The largest absolute Gasteiger partial charge is 0.347 e. The Bertz CT molecular complexity index is 579. The van der Waals surface area contributed by atoms with Gasteiger partial charge in [-0.15, -0.1) is 0 Å². The van der Waals surface area contributed by atoms with Gasteiger partial charge < -0.3 is 10.6 Å². The molecule has 2 atom stereocenters. The summed E-state index contributed by atoms with van der Waals surface area (Å²) in [4.78, 5) is 24.4. The molecule has 0 spiro atoms. The molecule has 0 radical (unpaired) electrons. The van der Waals surface area contributed by atoms with Crippen LogP contribution in [0.1, 0.15) is 50.6 Å². The van der Waals surface area contributed by atoms with Crippen LogP contribution in [0.15, 0.2) is 24.3 Å². The van der Waals surface area contributed by atoms with Crippen LogP contribution in [0.5, 0.6) is 0 Å². The van der Waals surface area contributed by atoms with Gasteiger partial charge in [-0.1, -0.05) is 30.2 Å². The maximum atomic E-state index is 12.4. The Morgan fingerprint density at radius 3 is 2.26 bits per heavy atom. The number of carbonyl (C=O) groups is 2. The second kappa shape index (κ2) is 6.91. The molecule has 3 rings (SSSR count). The van der Waals surface area contributed by atoms with Gasteiger partial charge in [-0.2, -0.15) is 0 Å². The third kappa shape index (κ3) is 4.05. The second-order valence-electron chi connectivity index (χ2n) is 6.73. The minimum Gasteiger partial charge on any atom is -0.347 e. The molecule has 2 saturated carbocycles. The average Bonchev–Trinajstić information content (AvgIpc) is 3.28. The van der Waals surface area contributed by atoms with Crippen LogP contribution in [0.3, 0.4) is 0 Å². The molecule has 1 aromatic rings. The van der Waals surface area contributed by atoms with Crippen molar-refractivity contribution in [3.8, 4) is 0 Å². The summed E-state index contributed by atoms with van der Waals surface area (Å²) in [6.45, 7) is 1.75. The van der Waals surface area contributed by atoms with Gasteiger partial charge in [0, 0.05) is 10.9 Å². The highest BCUT2D eigenvalue weighted by Crippen LogP contribution is 2.41. The Morgan fingerprint density at radius 1 is 1.09 bits per heavy atom. The summed E-state index contributed by atoms with van der Waals surface area (Å²) in [6, 6.07) is 7.12. The van der Waals surface area contributed by atoms with Crippen LogP contribution in [-0.4, -0.2) is 17.9 Å². The van der Waals surface area contributed by atoms with E-state index in [4.69, 9.17) is 11.6 Å². The van der Waals surface area contributed by atoms with Crippen molar-refractivity contribution in [2.24, 2.45) is 11.8 Å². The van der Waals surface area contributed by atoms with E-state index in [0.717, 1.165) is 37.7 Å². The zero-order valence-electron chi connectivity index (χ0n) is 13.3. The van der Waals surface area contributed by atoms with Gasteiger partial charge in [-0.25, -0.2) is 0 Å². The highest BCUT2D eigenvalue weighted by atomic mass is 35.5. The number of rotatable bonds is 6. The Hall–Kier alpha value is -1.55. The molecule has 124 valence electrons. The lowest BCUT2D eigenvalue weighted by molar-refractivity contribution is -0.132. The molecule has 0 unspecified atom stereocenters. The monoisotopic (exact) mass is 334 g/mol. The zero-order chi connectivity index (χ0) is 16.4. The van der Waals surface area contributed by atoms with Crippen molar-refractivity contribution in [1.29, 1.82) is 0 Å². The Balaban J connectivity index is 1.59. The predicted molar refractivity (Wildman–Crippen MR) is 90.0 cm³/mol. The molecule has 0 bridgehead atoms. The van der Waals surface area contributed by atoms with Gasteiger partial charge >= 0.3 is 0 Å². The number of carbonyl (C=O) groups excluding carboxylic acids is 2. The summed E-state index contributed by atoms with van der Waals surface area (Å²) in [7, 11) is 0. The predicted octanol–water partition coefficient (Wildman–Crippen LogP) is 3.21. The van der Waals surface area contributed by atoms with E-state index >= 15 is 0 Å². The van der Waals surface area contributed by atoms with Gasteiger partial charge in [0.25, 0.3) is 0 Å². The number of halogens is 1. The van der Waals surface area contributed by atoms with Crippen LogP contribution in [0, 0.1) is 11.8 Å². The lowest BCUT2D eigenvalue weighted by atomic mass is 9.84. The highest BCUT2D eigenvalue weighted by molar-refractivity contribution is 6.30. The maximum Gasteiger partial charge on any atom is 0.242 e. The van der Waals surface area contributed by atoms with Crippen molar-refractivity contribution in [3.63, 3.8) is 0 Å². The van der Waals surface area contributed by atoms with Gasteiger partial charge in [-0.05, 0) is 56.2 Å². The van der Waals surface area contributed by atoms with Crippen molar-refractivity contribution in [2.45, 2.75) is 51.1 Å². The molecule has 5 heteroatoms. The van der Waals surface area contributed by atoms with Gasteiger partial charge in [0.2, 0.25) is 11.8 Å². The van der Waals surface area contributed by atoms with Crippen LogP contribution < -0.4 is 10.6 Å². The highest BCUT2D eigenvalue weighted by Gasteiger charge is 2.35. The van der Waals surface area contributed by atoms with E-state index in [-0.39, 0.29) is 23.8 Å². The topological polar surface area (TPSA) is 58.2 Å². The van der Waals surface area contributed by atoms with Crippen molar-refractivity contribution in [1.82, 2.24) is 10.6 Å². The molecule has 2 aliphatic rings. The average molecular weight is 335 g/mol. The van der Waals surface area contributed by atoms with Crippen LogP contribution in [-0.2, 0) is 9.59 Å². The smallest absolute Gasteiger partial charge is 0.242 e. The first kappa shape index (κ1) is 16.3. The van der Waals surface area contributed by atoms with Crippen LogP contribution >= 0.6 is 11.6 Å². The molecule has 2 fully saturated rings. The third-order valence-corrected chi connectivity index (χ3v) is 5.10. The van der Waals surface area contributed by atoms with E-state index in [0.29, 0.717) is 10.9 Å². The Morgan fingerprint density at radius 2 is 1.74 bits per heavy atom. The molecule has 2 amide bonds. The van der Waals surface area contributed by atoms with E-state index in [2.05, 4.69) is 10.6 Å². The fourth-order valence-electron chi connectivity index (χ4n) is 2.92. The number of hydrogen-bond acceptors (Lipinski definition) is 2. The molecule has 0 aromatic heterocycles. The SMILES string of the molecule is C[C@H](NC(=O)C1CCC1)C(=O)N[C@H](c1ccc(Cl)cc1)C1CC1. The molecule has 2 aliphatic carbocycles. The van der Waals surface area contributed by atoms with E-state index in [1.807, 2.05) is 24.3 Å². The summed E-state index contributed by atoms with van der Waals surface area (Å²) >= 11 is 5.94. The van der Waals surface area contributed by atoms with E-state index in [1.165, 1.54) is 0 Å². The summed E-state index contributed by atoms with van der Waals surface area (Å²) in [6.07, 6.45) is 5.23. The van der Waals surface area contributed by atoms with Crippen LogP contribution in [0.4, 0.5) is 0 Å². The number of amides is 2. The summed E-state index contributed by atoms with van der Waals surface area (Å²) in [5, 5.41) is 6.62. The lowest BCUT2D eigenvalue weighted by Crippen LogP contribution is -2.48. The van der Waals surface area contributed by atoms with Gasteiger partial charge in [-0.3, -0.25) is 9.59 Å². The first-order valence-electron chi connectivity index (χ1n) is 8.41. The number of hydrogen-bond donors (Lipinski definition) is 2. The van der Waals surface area contributed by atoms with Crippen LogP contribution in [0.2, 0.25) is 5.02 Å². The van der Waals surface area contributed by atoms with E-state index in [1.54, 1.807) is 6.92 Å².